The number of hydrogen-bond acceptors (Lipinski definition) is 2. The maximum absolute atomic E-state index is 4.24. The fourth-order valence-electron chi connectivity index (χ4n) is 1.33. The van der Waals surface area contributed by atoms with Crippen molar-refractivity contribution in [1.29, 1.82) is 0 Å². The van der Waals surface area contributed by atoms with E-state index in [1.165, 1.54) is 0 Å². The predicted octanol–water partition coefficient (Wildman–Crippen LogP) is 2.08. The third-order valence-electron chi connectivity index (χ3n) is 1.92. The number of nitrogens with one attached hydrogen (secondary N) is 1. The van der Waals surface area contributed by atoms with Gasteiger partial charge >= 0.3 is 0 Å². The minimum atomic E-state index is 0.439. The summed E-state index contributed by atoms with van der Waals surface area (Å²) in [7, 11) is 0. The fourth-order valence-corrected chi connectivity index (χ4v) is 1.33. The number of hydrogen-bond donors (Lipinski definition) is 1. The summed E-state index contributed by atoms with van der Waals surface area (Å²) < 4.78 is 0. The summed E-state index contributed by atoms with van der Waals surface area (Å²) in [6.45, 7) is 4.26. The summed E-state index contributed by atoms with van der Waals surface area (Å²) in [5.41, 5.74) is 3.14. The molecule has 0 atom stereocenters. The Morgan fingerprint density at radius 1 is 1.33 bits per heavy atom. The van der Waals surface area contributed by atoms with Crippen molar-refractivity contribution in [3.05, 3.63) is 24.3 Å². The quantitative estimate of drug-likeness (QED) is 0.695. The van der Waals surface area contributed by atoms with E-state index in [-0.39, 0.29) is 0 Å². The van der Waals surface area contributed by atoms with E-state index in [4.69, 9.17) is 0 Å². The minimum Gasteiger partial charge on any atom is -0.358 e. The number of rotatable bonds is 1. The summed E-state index contributed by atoms with van der Waals surface area (Å²) >= 11 is 0. The van der Waals surface area contributed by atoms with Crippen molar-refractivity contribution in [2.24, 2.45) is 0 Å². The second kappa shape index (κ2) is 2.59. The first-order valence-electron chi connectivity index (χ1n) is 4.07. The van der Waals surface area contributed by atoms with Crippen molar-refractivity contribution >= 4 is 11.0 Å². The summed E-state index contributed by atoms with van der Waals surface area (Å²) in [6, 6.07) is 1.96. The zero-order valence-electron chi connectivity index (χ0n) is 7.20. The Kier molecular flexibility index (Phi) is 1.57. The molecule has 12 heavy (non-hydrogen) atoms. The second-order valence-electron chi connectivity index (χ2n) is 3.15. The molecule has 0 radical (unpaired) electrons. The van der Waals surface area contributed by atoms with Gasteiger partial charge in [-0.2, -0.15) is 0 Å². The largest absolute Gasteiger partial charge is 0.358 e. The molecule has 0 fully saturated rings. The van der Waals surface area contributed by atoms with E-state index in [0.29, 0.717) is 5.92 Å². The van der Waals surface area contributed by atoms with Crippen LogP contribution >= 0.6 is 0 Å². The van der Waals surface area contributed by atoms with Crippen LogP contribution in [-0.2, 0) is 0 Å². The Balaban J connectivity index is 2.73. The van der Waals surface area contributed by atoms with Gasteiger partial charge in [0.1, 0.15) is 6.33 Å². The topological polar surface area (TPSA) is 41.6 Å². The Labute approximate surface area is 70.9 Å². The van der Waals surface area contributed by atoms with Crippen molar-refractivity contribution in [3.8, 4) is 0 Å². The summed E-state index contributed by atoms with van der Waals surface area (Å²) in [6.07, 6.45) is 3.51. The van der Waals surface area contributed by atoms with Crippen molar-refractivity contribution in [1.82, 2.24) is 15.0 Å². The molecule has 2 aromatic heterocycles. The number of fused-ring (bicyclic) bond motifs is 1. The average molecular weight is 161 g/mol. The smallest absolute Gasteiger partial charge is 0.116 e. The van der Waals surface area contributed by atoms with Gasteiger partial charge in [-0.3, -0.25) is 0 Å². The highest BCUT2D eigenvalue weighted by atomic mass is 14.9. The van der Waals surface area contributed by atoms with Gasteiger partial charge in [0.25, 0.3) is 0 Å². The monoisotopic (exact) mass is 161 g/mol. The highest BCUT2D eigenvalue weighted by Crippen LogP contribution is 2.19. The lowest BCUT2D eigenvalue weighted by Crippen LogP contribution is -1.94. The highest BCUT2D eigenvalue weighted by Gasteiger charge is 2.06. The number of nitrogens with zero attached hydrogens (tertiary/aromatic N) is 2. The van der Waals surface area contributed by atoms with Crippen molar-refractivity contribution in [3.63, 3.8) is 0 Å². The van der Waals surface area contributed by atoms with E-state index in [2.05, 4.69) is 28.8 Å². The molecule has 0 aliphatic rings. The number of aromatic nitrogens is 3. The number of aromatic amines is 1. The first-order valence-corrected chi connectivity index (χ1v) is 4.07. The molecule has 62 valence electrons. The van der Waals surface area contributed by atoms with Crippen LogP contribution in [0, 0.1) is 0 Å². The van der Waals surface area contributed by atoms with Gasteiger partial charge in [0.15, 0.2) is 0 Å². The molecule has 3 nitrogen and oxygen atoms in total. The molecule has 2 rings (SSSR count). The third kappa shape index (κ3) is 0.978. The minimum absolute atomic E-state index is 0.439. The maximum atomic E-state index is 4.24. The van der Waals surface area contributed by atoms with Crippen molar-refractivity contribution in [2.75, 3.05) is 0 Å². The Bertz CT molecular complexity index is 389. The lowest BCUT2D eigenvalue weighted by Gasteiger charge is -2.03. The zero-order valence-corrected chi connectivity index (χ0v) is 7.20. The molecule has 0 aliphatic heterocycles. The molecule has 1 N–H and O–H groups in total. The first-order chi connectivity index (χ1) is 5.79. The summed E-state index contributed by atoms with van der Waals surface area (Å²) in [5, 5.41) is 0. The van der Waals surface area contributed by atoms with Crippen LogP contribution in [0.1, 0.15) is 25.5 Å². The van der Waals surface area contributed by atoms with Gasteiger partial charge in [0.05, 0.1) is 16.7 Å². The van der Waals surface area contributed by atoms with E-state index >= 15 is 0 Å². The van der Waals surface area contributed by atoms with E-state index in [0.717, 1.165) is 16.7 Å². The van der Waals surface area contributed by atoms with Gasteiger partial charge in [0, 0.05) is 6.20 Å². The van der Waals surface area contributed by atoms with Gasteiger partial charge in [-0.25, -0.2) is 9.97 Å². The molecule has 0 aromatic carbocycles. The van der Waals surface area contributed by atoms with Crippen LogP contribution in [0.15, 0.2) is 18.6 Å². The highest BCUT2D eigenvalue weighted by molar-refractivity contribution is 5.77. The summed E-state index contributed by atoms with van der Waals surface area (Å²) in [4.78, 5) is 11.5. The molecule has 0 amide bonds. The standard InChI is InChI=1S/C9H11N3/c1-6(2)8-9-7(3-4-10-9)11-5-12-8/h3-6,10H,1-2H3. The maximum Gasteiger partial charge on any atom is 0.116 e. The lowest BCUT2D eigenvalue weighted by atomic mass is 10.1. The molecule has 0 saturated carbocycles. The summed E-state index contributed by atoms with van der Waals surface area (Å²) in [5.74, 6) is 0.439. The molecule has 3 heteroatoms. The van der Waals surface area contributed by atoms with Crippen LogP contribution in [0.25, 0.3) is 11.0 Å². The van der Waals surface area contributed by atoms with E-state index in [1.807, 2.05) is 12.3 Å². The van der Waals surface area contributed by atoms with Crippen molar-refractivity contribution < 1.29 is 0 Å². The molecule has 0 bridgehead atoms. The lowest BCUT2D eigenvalue weighted by molar-refractivity contribution is 0.825. The zero-order chi connectivity index (χ0) is 8.55. The number of H-pyrrole nitrogens is 1. The fraction of sp³-hybridized carbons (Fsp3) is 0.333. The molecule has 2 aromatic rings. The average Bonchev–Trinajstić information content (AvgIpc) is 2.49. The van der Waals surface area contributed by atoms with Crippen LogP contribution in [-0.4, -0.2) is 15.0 Å². The van der Waals surface area contributed by atoms with Crippen LogP contribution in [0.5, 0.6) is 0 Å². The van der Waals surface area contributed by atoms with E-state index in [1.54, 1.807) is 6.33 Å². The van der Waals surface area contributed by atoms with Crippen LogP contribution in [0.3, 0.4) is 0 Å². The van der Waals surface area contributed by atoms with Crippen LogP contribution in [0.4, 0.5) is 0 Å². The van der Waals surface area contributed by atoms with Gasteiger partial charge in [-0.1, -0.05) is 13.8 Å². The van der Waals surface area contributed by atoms with Gasteiger partial charge in [-0.15, -0.1) is 0 Å². The molecule has 0 saturated heterocycles. The molecular weight excluding hydrogens is 150 g/mol. The molecule has 0 spiro atoms. The molecule has 0 aliphatic carbocycles. The van der Waals surface area contributed by atoms with E-state index in [9.17, 15) is 0 Å². The molecule has 2 heterocycles. The van der Waals surface area contributed by atoms with Gasteiger partial charge < -0.3 is 4.98 Å². The Morgan fingerprint density at radius 3 is 2.92 bits per heavy atom. The molecular formula is C9H11N3. The normalized spacial score (nSPS) is 11.2. The predicted molar refractivity (Wildman–Crippen MR) is 48.0 cm³/mol. The van der Waals surface area contributed by atoms with Gasteiger partial charge in [-0.05, 0) is 12.0 Å². The Hall–Kier alpha value is -1.38. The van der Waals surface area contributed by atoms with Crippen LogP contribution < -0.4 is 0 Å². The first kappa shape index (κ1) is 7.28. The van der Waals surface area contributed by atoms with Gasteiger partial charge in [0.2, 0.25) is 0 Å². The van der Waals surface area contributed by atoms with Crippen molar-refractivity contribution in [2.45, 2.75) is 19.8 Å². The molecule has 0 unspecified atom stereocenters. The van der Waals surface area contributed by atoms with Crippen LogP contribution in [0.2, 0.25) is 0 Å². The Morgan fingerprint density at radius 2 is 2.17 bits per heavy atom. The second-order valence-corrected chi connectivity index (χ2v) is 3.15. The third-order valence-corrected chi connectivity index (χ3v) is 1.92. The SMILES string of the molecule is CC(C)c1ncnc2cc[nH]c12. The van der Waals surface area contributed by atoms with E-state index < -0.39 is 0 Å².